The van der Waals surface area contributed by atoms with E-state index in [1.807, 2.05) is 6.20 Å². The fourth-order valence-electron chi connectivity index (χ4n) is 1.29. The predicted molar refractivity (Wildman–Crippen MR) is 48.9 cm³/mol. The van der Waals surface area contributed by atoms with Crippen molar-refractivity contribution in [3.8, 4) is 0 Å². The summed E-state index contributed by atoms with van der Waals surface area (Å²) in [6.45, 7) is 4.35. The average Bonchev–Trinajstić information content (AvgIpc) is 2.09. The molecule has 1 aromatic rings. The Morgan fingerprint density at radius 1 is 1.25 bits per heavy atom. The van der Waals surface area contributed by atoms with E-state index < -0.39 is 0 Å². The molecule has 0 N–H and O–H groups in total. The van der Waals surface area contributed by atoms with Gasteiger partial charge in [0.15, 0.2) is 0 Å². The topological polar surface area (TPSA) is 25.8 Å². The maximum atomic E-state index is 3.84. The molecule has 0 aliphatic carbocycles. The first kappa shape index (κ1) is 9.17. The van der Waals surface area contributed by atoms with Gasteiger partial charge in [0.05, 0.1) is 6.20 Å². The summed E-state index contributed by atoms with van der Waals surface area (Å²) in [4.78, 5) is 0. The zero-order valence-corrected chi connectivity index (χ0v) is 7.80. The van der Waals surface area contributed by atoms with Crippen LogP contribution in [0.3, 0.4) is 0 Å². The maximum absolute atomic E-state index is 3.84. The van der Waals surface area contributed by atoms with Crippen LogP contribution in [-0.2, 0) is 12.8 Å². The van der Waals surface area contributed by atoms with E-state index in [9.17, 15) is 0 Å². The first-order valence-electron chi connectivity index (χ1n) is 4.59. The van der Waals surface area contributed by atoms with E-state index >= 15 is 0 Å². The summed E-state index contributed by atoms with van der Waals surface area (Å²) in [6.07, 6.45) is 9.32. The van der Waals surface area contributed by atoms with Gasteiger partial charge in [-0.15, -0.1) is 5.10 Å². The number of hydrogen-bond acceptors (Lipinski definition) is 2. The molecule has 0 spiro atoms. The molecule has 0 aliphatic rings. The summed E-state index contributed by atoms with van der Waals surface area (Å²) >= 11 is 0. The second kappa shape index (κ2) is 4.86. The van der Waals surface area contributed by atoms with E-state index in [0.29, 0.717) is 0 Å². The van der Waals surface area contributed by atoms with Gasteiger partial charge in [-0.05, 0) is 24.0 Å². The first-order valence-corrected chi connectivity index (χ1v) is 4.59. The second-order valence-electron chi connectivity index (χ2n) is 2.96. The van der Waals surface area contributed by atoms with Gasteiger partial charge in [0.25, 0.3) is 0 Å². The lowest BCUT2D eigenvalue weighted by Gasteiger charge is -2.03. The number of rotatable bonds is 4. The van der Waals surface area contributed by atoms with Crippen LogP contribution in [0.1, 0.15) is 37.8 Å². The molecule has 0 bridgehead atoms. The lowest BCUT2D eigenvalue weighted by Crippen LogP contribution is -1.97. The quantitative estimate of drug-likeness (QED) is 0.680. The smallest absolute Gasteiger partial charge is 0.117 e. The Labute approximate surface area is 74.0 Å². The van der Waals surface area contributed by atoms with Crippen LogP contribution in [0.25, 0.3) is 0 Å². The molecule has 2 nitrogen and oxygen atoms in total. The Hall–Kier alpha value is -0.920. The van der Waals surface area contributed by atoms with E-state index in [-0.39, 0.29) is 0 Å². The maximum Gasteiger partial charge on any atom is 0.117 e. The van der Waals surface area contributed by atoms with Gasteiger partial charge in [0.1, 0.15) is 6.20 Å². The van der Waals surface area contributed by atoms with Gasteiger partial charge >= 0.3 is 0 Å². The highest BCUT2D eigenvalue weighted by molar-refractivity contribution is 5.19. The SMILES string of the molecule is CCCc1[c]nncc1CCC. The van der Waals surface area contributed by atoms with Gasteiger partial charge in [-0.3, -0.25) is 0 Å². The van der Waals surface area contributed by atoms with E-state index in [0.717, 1.165) is 25.7 Å². The van der Waals surface area contributed by atoms with Crippen LogP contribution in [-0.4, -0.2) is 10.2 Å². The molecule has 0 aromatic carbocycles. The van der Waals surface area contributed by atoms with Gasteiger partial charge in [0, 0.05) is 0 Å². The fourth-order valence-corrected chi connectivity index (χ4v) is 1.29. The minimum atomic E-state index is 1.07. The molecule has 2 heteroatoms. The monoisotopic (exact) mass is 163 g/mol. The van der Waals surface area contributed by atoms with Gasteiger partial charge in [-0.25, -0.2) is 0 Å². The summed E-state index contributed by atoms with van der Waals surface area (Å²) < 4.78 is 0. The van der Waals surface area contributed by atoms with Crippen molar-refractivity contribution in [1.82, 2.24) is 10.2 Å². The van der Waals surface area contributed by atoms with Gasteiger partial charge in [0.2, 0.25) is 0 Å². The second-order valence-corrected chi connectivity index (χ2v) is 2.96. The Kier molecular flexibility index (Phi) is 3.71. The van der Waals surface area contributed by atoms with Crippen LogP contribution < -0.4 is 0 Å². The molecule has 0 aliphatic heterocycles. The molecule has 0 fully saturated rings. The fraction of sp³-hybridized carbons (Fsp3) is 0.600. The van der Waals surface area contributed by atoms with Crippen LogP contribution >= 0.6 is 0 Å². The third kappa shape index (κ3) is 2.29. The Balaban J connectivity index is 2.77. The Morgan fingerprint density at radius 2 is 2.00 bits per heavy atom. The summed E-state index contributed by atoms with van der Waals surface area (Å²) in [7, 11) is 0. The van der Waals surface area contributed by atoms with Crippen molar-refractivity contribution in [3.05, 3.63) is 23.5 Å². The predicted octanol–water partition coefficient (Wildman–Crippen LogP) is 2.18. The minimum Gasteiger partial charge on any atom is -0.158 e. The van der Waals surface area contributed by atoms with Gasteiger partial charge in [-0.1, -0.05) is 26.7 Å². The van der Waals surface area contributed by atoms with Crippen LogP contribution in [0.2, 0.25) is 0 Å². The number of aryl methyl sites for hydroxylation is 2. The summed E-state index contributed by atoms with van der Waals surface area (Å²) in [5.74, 6) is 0. The third-order valence-electron chi connectivity index (χ3n) is 1.86. The summed E-state index contributed by atoms with van der Waals surface area (Å²) in [6, 6.07) is 0. The summed E-state index contributed by atoms with van der Waals surface area (Å²) in [5.41, 5.74) is 2.56. The van der Waals surface area contributed by atoms with Crippen molar-refractivity contribution >= 4 is 0 Å². The highest BCUT2D eigenvalue weighted by Gasteiger charge is 2.00. The molecule has 65 valence electrons. The molecule has 0 saturated heterocycles. The first-order chi connectivity index (χ1) is 5.88. The third-order valence-corrected chi connectivity index (χ3v) is 1.86. The van der Waals surface area contributed by atoms with Crippen molar-refractivity contribution < 1.29 is 0 Å². The summed E-state index contributed by atoms with van der Waals surface area (Å²) in [5, 5.41) is 7.61. The average molecular weight is 163 g/mol. The van der Waals surface area contributed by atoms with Crippen molar-refractivity contribution in [1.29, 1.82) is 0 Å². The largest absolute Gasteiger partial charge is 0.158 e. The zero-order valence-electron chi connectivity index (χ0n) is 7.80. The number of aromatic nitrogens is 2. The molecular formula is C10H15N2. The lowest BCUT2D eigenvalue weighted by atomic mass is 10.0. The number of hydrogen-bond donors (Lipinski definition) is 0. The number of nitrogens with zero attached hydrogens (tertiary/aromatic N) is 2. The van der Waals surface area contributed by atoms with E-state index in [4.69, 9.17) is 0 Å². The van der Waals surface area contributed by atoms with Crippen molar-refractivity contribution in [2.45, 2.75) is 39.5 Å². The molecule has 0 amide bonds. The van der Waals surface area contributed by atoms with Crippen molar-refractivity contribution in [2.75, 3.05) is 0 Å². The molecule has 1 radical (unpaired) electrons. The highest BCUT2D eigenvalue weighted by Crippen LogP contribution is 2.09. The van der Waals surface area contributed by atoms with Crippen molar-refractivity contribution in [2.24, 2.45) is 0 Å². The highest BCUT2D eigenvalue weighted by atomic mass is 15.1. The van der Waals surface area contributed by atoms with Crippen LogP contribution in [0.5, 0.6) is 0 Å². The minimum absolute atomic E-state index is 1.07. The molecule has 0 atom stereocenters. The molecule has 0 saturated carbocycles. The van der Waals surface area contributed by atoms with Crippen LogP contribution in [0.4, 0.5) is 0 Å². The molecular weight excluding hydrogens is 148 g/mol. The zero-order chi connectivity index (χ0) is 8.81. The van der Waals surface area contributed by atoms with Crippen LogP contribution in [0, 0.1) is 6.20 Å². The van der Waals surface area contributed by atoms with Gasteiger partial charge < -0.3 is 0 Å². The standard InChI is InChI=1S/C10H15N2/c1-3-5-9-7-11-12-8-10(9)6-4-2/h7H,3-6H2,1-2H3. The molecule has 1 heterocycles. The Morgan fingerprint density at radius 3 is 2.67 bits per heavy atom. The molecule has 1 rings (SSSR count). The van der Waals surface area contributed by atoms with Crippen LogP contribution in [0.15, 0.2) is 6.20 Å². The molecule has 1 aromatic heterocycles. The van der Waals surface area contributed by atoms with E-state index in [2.05, 4.69) is 30.2 Å². The molecule has 12 heavy (non-hydrogen) atoms. The van der Waals surface area contributed by atoms with E-state index in [1.54, 1.807) is 0 Å². The Bertz CT molecular complexity index is 208. The lowest BCUT2D eigenvalue weighted by molar-refractivity contribution is 0.825. The van der Waals surface area contributed by atoms with E-state index in [1.165, 1.54) is 11.1 Å². The molecule has 0 unspecified atom stereocenters. The van der Waals surface area contributed by atoms with Gasteiger partial charge in [-0.2, -0.15) is 5.10 Å². The van der Waals surface area contributed by atoms with Crippen molar-refractivity contribution in [3.63, 3.8) is 0 Å². The normalized spacial score (nSPS) is 10.2.